The minimum atomic E-state index is -5.84. The molecule has 136 valence electrons. The van der Waals surface area contributed by atoms with Gasteiger partial charge >= 0.3 is 17.8 Å². The zero-order valence-corrected chi connectivity index (χ0v) is 11.7. The lowest BCUT2D eigenvalue weighted by Crippen LogP contribution is -2.45. The topological polar surface area (TPSA) is 109 Å². The predicted molar refractivity (Wildman–Crippen MR) is 65.0 cm³/mol. The van der Waals surface area contributed by atoms with Crippen LogP contribution in [0.2, 0.25) is 0 Å². The van der Waals surface area contributed by atoms with Crippen molar-refractivity contribution in [3.05, 3.63) is 29.1 Å². The van der Waals surface area contributed by atoms with E-state index in [4.69, 9.17) is 0 Å². The predicted octanol–water partition coefficient (Wildman–Crippen LogP) is 1.88. The standard InChI is InChI=1S/C10H6F6N6O3/c11-8(10(14,15)16)9(12,13)1-25-7-5(22(23)24)6(18-3-19-7)21-4-17-2-20-21/h2-4,8H,1H2. The third-order valence-electron chi connectivity index (χ3n) is 2.65. The Bertz CT molecular complexity index is 752. The van der Waals surface area contributed by atoms with E-state index in [1.807, 2.05) is 0 Å². The Morgan fingerprint density at radius 3 is 2.44 bits per heavy atom. The molecule has 2 heterocycles. The van der Waals surface area contributed by atoms with Crippen molar-refractivity contribution in [3.63, 3.8) is 0 Å². The summed E-state index contributed by atoms with van der Waals surface area (Å²) in [6.07, 6.45) is -7.73. The molecule has 0 N–H and O–H groups in total. The highest BCUT2D eigenvalue weighted by molar-refractivity contribution is 5.53. The van der Waals surface area contributed by atoms with Gasteiger partial charge in [-0.15, -0.1) is 0 Å². The summed E-state index contributed by atoms with van der Waals surface area (Å²) in [6, 6.07) is 0. The number of halogens is 6. The number of hydrogen-bond donors (Lipinski definition) is 0. The van der Waals surface area contributed by atoms with Gasteiger partial charge < -0.3 is 4.74 Å². The van der Waals surface area contributed by atoms with E-state index in [9.17, 15) is 36.5 Å². The number of hydrogen-bond acceptors (Lipinski definition) is 7. The molecule has 2 aromatic heterocycles. The van der Waals surface area contributed by atoms with E-state index in [2.05, 4.69) is 24.8 Å². The third kappa shape index (κ3) is 3.92. The van der Waals surface area contributed by atoms with Crippen LogP contribution in [-0.4, -0.2) is 54.5 Å². The summed E-state index contributed by atoms with van der Waals surface area (Å²) < 4.78 is 80.5. The van der Waals surface area contributed by atoms with Crippen molar-refractivity contribution in [3.8, 4) is 11.7 Å². The highest BCUT2D eigenvalue weighted by Crippen LogP contribution is 2.36. The molecule has 2 rings (SSSR count). The molecule has 25 heavy (non-hydrogen) atoms. The average Bonchev–Trinajstić information content (AvgIpc) is 3.05. The van der Waals surface area contributed by atoms with E-state index >= 15 is 0 Å². The second kappa shape index (κ2) is 6.48. The number of aromatic nitrogens is 5. The Morgan fingerprint density at radius 2 is 1.92 bits per heavy atom. The highest BCUT2D eigenvalue weighted by atomic mass is 19.4. The van der Waals surface area contributed by atoms with Crippen LogP contribution in [-0.2, 0) is 0 Å². The van der Waals surface area contributed by atoms with Crippen LogP contribution in [0.15, 0.2) is 19.0 Å². The molecule has 1 unspecified atom stereocenters. The SMILES string of the molecule is O=[N+]([O-])c1c(OCC(F)(F)C(F)C(F)(F)F)ncnc1-n1cncn1. The maximum Gasteiger partial charge on any atom is 0.425 e. The average molecular weight is 372 g/mol. The van der Waals surface area contributed by atoms with Gasteiger partial charge in [-0.3, -0.25) is 10.1 Å². The molecule has 0 spiro atoms. The van der Waals surface area contributed by atoms with Crippen molar-refractivity contribution in [2.75, 3.05) is 6.61 Å². The van der Waals surface area contributed by atoms with E-state index in [0.717, 1.165) is 17.3 Å². The molecule has 0 aromatic carbocycles. The zero-order valence-electron chi connectivity index (χ0n) is 11.7. The van der Waals surface area contributed by atoms with Crippen molar-refractivity contribution >= 4 is 5.69 Å². The summed E-state index contributed by atoms with van der Waals surface area (Å²) in [5, 5.41) is 14.6. The molecule has 0 amide bonds. The second-order valence-corrected chi connectivity index (χ2v) is 4.40. The fourth-order valence-electron chi connectivity index (χ4n) is 1.58. The Kier molecular flexibility index (Phi) is 4.75. The van der Waals surface area contributed by atoms with Crippen molar-refractivity contribution in [1.29, 1.82) is 0 Å². The Morgan fingerprint density at radius 1 is 1.24 bits per heavy atom. The van der Waals surface area contributed by atoms with Gasteiger partial charge in [0.1, 0.15) is 19.0 Å². The highest BCUT2D eigenvalue weighted by Gasteiger charge is 2.57. The third-order valence-corrected chi connectivity index (χ3v) is 2.65. The number of alkyl halides is 6. The molecule has 0 aliphatic rings. The molecule has 0 fully saturated rings. The first-order valence-electron chi connectivity index (χ1n) is 6.10. The van der Waals surface area contributed by atoms with E-state index in [1.165, 1.54) is 0 Å². The van der Waals surface area contributed by atoms with E-state index < -0.39 is 47.2 Å². The molecule has 0 saturated heterocycles. The summed E-state index contributed by atoms with van der Waals surface area (Å²) in [5.74, 6) is -6.62. The van der Waals surface area contributed by atoms with Gasteiger partial charge in [0, 0.05) is 0 Å². The van der Waals surface area contributed by atoms with Crippen LogP contribution in [0.4, 0.5) is 32.0 Å². The Balaban J connectivity index is 2.32. The lowest BCUT2D eigenvalue weighted by molar-refractivity contribution is -0.386. The molecule has 1 atom stereocenters. The summed E-state index contributed by atoms with van der Waals surface area (Å²) in [7, 11) is 0. The number of nitrogens with zero attached hydrogens (tertiary/aromatic N) is 6. The normalized spacial score (nSPS) is 13.5. The van der Waals surface area contributed by atoms with Crippen LogP contribution in [0.25, 0.3) is 5.82 Å². The van der Waals surface area contributed by atoms with E-state index in [-0.39, 0.29) is 0 Å². The van der Waals surface area contributed by atoms with Gasteiger partial charge in [-0.2, -0.15) is 36.7 Å². The first kappa shape index (κ1) is 18.3. The first-order valence-corrected chi connectivity index (χ1v) is 6.10. The maximum absolute atomic E-state index is 13.2. The summed E-state index contributed by atoms with van der Waals surface area (Å²) in [6.45, 7) is -2.14. The summed E-state index contributed by atoms with van der Waals surface area (Å²) in [5.41, 5.74) is -1.06. The molecule has 0 bridgehead atoms. The van der Waals surface area contributed by atoms with Crippen molar-refractivity contribution < 1.29 is 36.0 Å². The van der Waals surface area contributed by atoms with Crippen LogP contribution >= 0.6 is 0 Å². The molecule has 2 aromatic rings. The molecule has 15 heteroatoms. The minimum absolute atomic E-state index is 0.538. The molecule has 9 nitrogen and oxygen atoms in total. The number of ether oxygens (including phenoxy) is 1. The Hall–Kier alpha value is -3.00. The molecular formula is C10H6F6N6O3. The van der Waals surface area contributed by atoms with Gasteiger partial charge in [-0.05, 0) is 0 Å². The largest absolute Gasteiger partial charge is 0.466 e. The monoisotopic (exact) mass is 372 g/mol. The molecule has 0 saturated carbocycles. The summed E-state index contributed by atoms with van der Waals surface area (Å²) >= 11 is 0. The van der Waals surface area contributed by atoms with Gasteiger partial charge in [0.2, 0.25) is 5.82 Å². The lowest BCUT2D eigenvalue weighted by Gasteiger charge is -2.22. The van der Waals surface area contributed by atoms with Crippen molar-refractivity contribution in [2.24, 2.45) is 0 Å². The van der Waals surface area contributed by atoms with Crippen molar-refractivity contribution in [1.82, 2.24) is 24.7 Å². The smallest absolute Gasteiger partial charge is 0.425 e. The molecule has 0 aliphatic carbocycles. The minimum Gasteiger partial charge on any atom is -0.466 e. The van der Waals surface area contributed by atoms with Gasteiger partial charge in [0.05, 0.1) is 4.92 Å². The van der Waals surface area contributed by atoms with E-state index in [1.54, 1.807) is 0 Å². The quantitative estimate of drug-likeness (QED) is 0.433. The van der Waals surface area contributed by atoms with Gasteiger partial charge in [-0.25, -0.2) is 14.4 Å². The van der Waals surface area contributed by atoms with Gasteiger partial charge in [0.15, 0.2) is 6.61 Å². The summed E-state index contributed by atoms with van der Waals surface area (Å²) in [4.78, 5) is 20.2. The Labute approximate surface area is 133 Å². The fourth-order valence-corrected chi connectivity index (χ4v) is 1.58. The number of nitro groups is 1. The van der Waals surface area contributed by atoms with Gasteiger partial charge in [0.25, 0.3) is 12.1 Å². The van der Waals surface area contributed by atoms with Gasteiger partial charge in [-0.1, -0.05) is 0 Å². The lowest BCUT2D eigenvalue weighted by atomic mass is 10.2. The van der Waals surface area contributed by atoms with Crippen LogP contribution in [0.1, 0.15) is 0 Å². The van der Waals surface area contributed by atoms with Crippen LogP contribution in [0, 0.1) is 10.1 Å². The second-order valence-electron chi connectivity index (χ2n) is 4.40. The maximum atomic E-state index is 13.2. The van der Waals surface area contributed by atoms with E-state index in [0.29, 0.717) is 6.33 Å². The fraction of sp³-hybridized carbons (Fsp3) is 0.400. The molecule has 0 aliphatic heterocycles. The molecular weight excluding hydrogens is 366 g/mol. The zero-order chi connectivity index (χ0) is 18.8. The number of rotatable bonds is 6. The van der Waals surface area contributed by atoms with Crippen LogP contribution in [0.3, 0.4) is 0 Å². The molecule has 0 radical (unpaired) electrons. The van der Waals surface area contributed by atoms with Crippen LogP contribution in [0.5, 0.6) is 5.88 Å². The van der Waals surface area contributed by atoms with Crippen LogP contribution < -0.4 is 4.74 Å². The van der Waals surface area contributed by atoms with Crippen molar-refractivity contribution in [2.45, 2.75) is 18.3 Å². The first-order chi connectivity index (χ1) is 11.5.